The first-order valence-electron chi connectivity index (χ1n) is 8.07. The summed E-state index contributed by atoms with van der Waals surface area (Å²) in [5.41, 5.74) is 0. The van der Waals surface area contributed by atoms with Crippen LogP contribution in [0, 0.1) is 6.92 Å². The zero-order chi connectivity index (χ0) is 17.4. The number of hydrogen-bond acceptors (Lipinski definition) is 5. The van der Waals surface area contributed by atoms with Crippen molar-refractivity contribution >= 4 is 17.3 Å². The number of nitrogens with zero attached hydrogens (tertiary/aromatic N) is 4. The molecule has 24 heavy (non-hydrogen) atoms. The fourth-order valence-electron chi connectivity index (χ4n) is 2.06. The van der Waals surface area contributed by atoms with E-state index in [9.17, 15) is 0 Å². The topological polar surface area (TPSA) is 76.4 Å². The Bertz CT molecular complexity index is 663. The molecular formula is C16H26N6OS. The van der Waals surface area contributed by atoms with Gasteiger partial charge >= 0.3 is 0 Å². The molecule has 0 aromatic carbocycles. The molecule has 0 aliphatic rings. The Hall–Kier alpha value is -1.93. The van der Waals surface area contributed by atoms with Gasteiger partial charge in [0.2, 0.25) is 0 Å². The first-order valence-corrected chi connectivity index (χ1v) is 8.89. The predicted octanol–water partition coefficient (Wildman–Crippen LogP) is 1.63. The highest BCUT2D eigenvalue weighted by Gasteiger charge is 2.06. The Morgan fingerprint density at radius 2 is 2.08 bits per heavy atom. The summed E-state index contributed by atoms with van der Waals surface area (Å²) in [5.74, 6) is 2.47. The Morgan fingerprint density at radius 3 is 2.71 bits per heavy atom. The molecule has 0 amide bonds. The third-order valence-electron chi connectivity index (χ3n) is 3.66. The van der Waals surface area contributed by atoms with Gasteiger partial charge in [-0.05, 0) is 25.5 Å². The van der Waals surface area contributed by atoms with E-state index in [0.29, 0.717) is 19.7 Å². The molecule has 2 heterocycles. The molecule has 0 spiro atoms. The minimum atomic E-state index is 0.476. The maximum absolute atomic E-state index is 5.09. The number of guanidine groups is 1. The van der Waals surface area contributed by atoms with Crippen LogP contribution in [0.1, 0.15) is 28.3 Å². The van der Waals surface area contributed by atoms with Crippen LogP contribution in [0.3, 0.4) is 0 Å². The highest BCUT2D eigenvalue weighted by molar-refractivity contribution is 7.11. The zero-order valence-corrected chi connectivity index (χ0v) is 15.6. The summed E-state index contributed by atoms with van der Waals surface area (Å²) in [5, 5.41) is 14.8. The van der Waals surface area contributed by atoms with Gasteiger partial charge in [-0.3, -0.25) is 0 Å². The summed E-state index contributed by atoms with van der Waals surface area (Å²) in [7, 11) is 3.63. The van der Waals surface area contributed by atoms with Crippen molar-refractivity contribution in [3.05, 3.63) is 33.5 Å². The van der Waals surface area contributed by atoms with Gasteiger partial charge < -0.3 is 19.9 Å². The molecule has 0 aliphatic heterocycles. The van der Waals surface area contributed by atoms with Gasteiger partial charge in [0, 0.05) is 30.5 Å². The lowest BCUT2D eigenvalue weighted by atomic mass is 10.4. The summed E-state index contributed by atoms with van der Waals surface area (Å²) in [6.45, 7) is 6.66. The molecule has 132 valence electrons. The average Bonchev–Trinajstić information content (AvgIpc) is 3.18. The van der Waals surface area contributed by atoms with Crippen LogP contribution in [0.2, 0.25) is 0 Å². The van der Waals surface area contributed by atoms with E-state index in [-0.39, 0.29) is 0 Å². The second-order valence-corrected chi connectivity index (χ2v) is 6.63. The van der Waals surface area contributed by atoms with Crippen molar-refractivity contribution in [2.45, 2.75) is 33.4 Å². The molecule has 0 aliphatic carbocycles. The molecule has 0 unspecified atom stereocenters. The van der Waals surface area contributed by atoms with Crippen LogP contribution in [0.4, 0.5) is 0 Å². The van der Waals surface area contributed by atoms with Crippen LogP contribution in [0.25, 0.3) is 0 Å². The van der Waals surface area contributed by atoms with E-state index in [0.717, 1.165) is 30.6 Å². The lowest BCUT2D eigenvalue weighted by Crippen LogP contribution is -2.38. The maximum atomic E-state index is 5.09. The molecule has 0 saturated heterocycles. The monoisotopic (exact) mass is 350 g/mol. The molecule has 2 N–H and O–H groups in total. The van der Waals surface area contributed by atoms with E-state index in [4.69, 9.17) is 4.74 Å². The SMILES string of the molecule is CCc1ccc(CNC(=NCc2nnc(C)n2C)NCCOC)s1. The van der Waals surface area contributed by atoms with Crippen molar-refractivity contribution < 1.29 is 4.74 Å². The summed E-state index contributed by atoms with van der Waals surface area (Å²) in [6.07, 6.45) is 1.07. The number of aromatic nitrogens is 3. The molecule has 2 rings (SSSR count). The standard InChI is InChI=1S/C16H26N6OS/c1-5-13-6-7-14(24-13)10-18-16(17-8-9-23-4)19-11-15-21-20-12(2)22(15)3/h6-7H,5,8-11H2,1-4H3,(H2,17,18,19). The Morgan fingerprint density at radius 1 is 1.29 bits per heavy atom. The lowest BCUT2D eigenvalue weighted by Gasteiger charge is -2.11. The van der Waals surface area contributed by atoms with Gasteiger partial charge in [0.25, 0.3) is 0 Å². The van der Waals surface area contributed by atoms with Crippen LogP contribution < -0.4 is 10.6 Å². The van der Waals surface area contributed by atoms with E-state index in [2.05, 4.69) is 44.9 Å². The van der Waals surface area contributed by atoms with Gasteiger partial charge in [-0.15, -0.1) is 21.5 Å². The van der Waals surface area contributed by atoms with Gasteiger partial charge in [-0.2, -0.15) is 0 Å². The summed E-state index contributed by atoms with van der Waals surface area (Å²) in [6, 6.07) is 4.34. The highest BCUT2D eigenvalue weighted by Crippen LogP contribution is 2.16. The maximum Gasteiger partial charge on any atom is 0.192 e. The second-order valence-electron chi connectivity index (χ2n) is 5.38. The molecule has 0 fully saturated rings. The van der Waals surface area contributed by atoms with E-state index in [1.807, 2.05) is 29.9 Å². The van der Waals surface area contributed by atoms with Gasteiger partial charge in [-0.25, -0.2) is 4.99 Å². The van der Waals surface area contributed by atoms with Gasteiger partial charge in [0.05, 0.1) is 13.2 Å². The number of aryl methyl sites for hydroxylation is 2. The van der Waals surface area contributed by atoms with E-state index < -0.39 is 0 Å². The number of thiophene rings is 1. The van der Waals surface area contributed by atoms with Crippen LogP contribution in [-0.2, 0) is 31.3 Å². The molecule has 2 aromatic rings. The third kappa shape index (κ3) is 5.31. The number of nitrogens with one attached hydrogen (secondary N) is 2. The molecule has 0 saturated carbocycles. The van der Waals surface area contributed by atoms with Crippen molar-refractivity contribution in [1.82, 2.24) is 25.4 Å². The minimum absolute atomic E-state index is 0.476. The Kier molecular flexibility index (Phi) is 7.20. The Balaban J connectivity index is 1.97. The first kappa shape index (κ1) is 18.4. The number of rotatable bonds is 8. The molecule has 0 radical (unpaired) electrons. The zero-order valence-electron chi connectivity index (χ0n) is 14.8. The van der Waals surface area contributed by atoms with E-state index >= 15 is 0 Å². The smallest absolute Gasteiger partial charge is 0.192 e. The number of methoxy groups -OCH3 is 1. The summed E-state index contributed by atoms with van der Waals surface area (Å²) in [4.78, 5) is 7.29. The van der Waals surface area contributed by atoms with Crippen LogP contribution in [0.5, 0.6) is 0 Å². The predicted molar refractivity (Wildman–Crippen MR) is 97.3 cm³/mol. The van der Waals surface area contributed by atoms with Gasteiger partial charge in [-0.1, -0.05) is 6.92 Å². The van der Waals surface area contributed by atoms with E-state index in [1.54, 1.807) is 7.11 Å². The normalized spacial score (nSPS) is 11.8. The van der Waals surface area contributed by atoms with Crippen molar-refractivity contribution in [3.8, 4) is 0 Å². The van der Waals surface area contributed by atoms with Crippen LogP contribution in [-0.4, -0.2) is 41.0 Å². The van der Waals surface area contributed by atoms with Crippen molar-refractivity contribution in [2.75, 3.05) is 20.3 Å². The van der Waals surface area contributed by atoms with Crippen molar-refractivity contribution in [2.24, 2.45) is 12.0 Å². The highest BCUT2D eigenvalue weighted by atomic mass is 32.1. The molecule has 0 bridgehead atoms. The van der Waals surface area contributed by atoms with Crippen LogP contribution >= 0.6 is 11.3 Å². The lowest BCUT2D eigenvalue weighted by molar-refractivity contribution is 0.203. The Labute approximate surface area is 147 Å². The fraction of sp³-hybridized carbons (Fsp3) is 0.562. The second kappa shape index (κ2) is 9.39. The fourth-order valence-corrected chi connectivity index (χ4v) is 2.96. The largest absolute Gasteiger partial charge is 0.383 e. The van der Waals surface area contributed by atoms with Crippen LogP contribution in [0.15, 0.2) is 17.1 Å². The third-order valence-corrected chi connectivity index (χ3v) is 4.89. The molecular weight excluding hydrogens is 324 g/mol. The molecule has 7 nitrogen and oxygen atoms in total. The molecule has 8 heteroatoms. The quantitative estimate of drug-likeness (QED) is 0.430. The van der Waals surface area contributed by atoms with Crippen molar-refractivity contribution in [3.63, 3.8) is 0 Å². The molecule has 0 atom stereocenters. The van der Waals surface area contributed by atoms with Gasteiger partial charge in [0.15, 0.2) is 11.8 Å². The molecule has 2 aromatic heterocycles. The average molecular weight is 350 g/mol. The van der Waals surface area contributed by atoms with Crippen molar-refractivity contribution in [1.29, 1.82) is 0 Å². The number of aliphatic imine (C=N–C) groups is 1. The minimum Gasteiger partial charge on any atom is -0.383 e. The number of hydrogen-bond donors (Lipinski definition) is 2. The summed E-state index contributed by atoms with van der Waals surface area (Å²) < 4.78 is 7.04. The van der Waals surface area contributed by atoms with E-state index in [1.165, 1.54) is 9.75 Å². The summed E-state index contributed by atoms with van der Waals surface area (Å²) >= 11 is 1.83. The number of ether oxygens (including phenoxy) is 1. The first-order chi connectivity index (χ1) is 11.6. The van der Waals surface area contributed by atoms with Gasteiger partial charge in [0.1, 0.15) is 12.4 Å².